The second-order valence-corrected chi connectivity index (χ2v) is 20.8. The normalized spacial score (nSPS) is 20.1. The second kappa shape index (κ2) is 18.3. The molecule has 5 rings (SSSR count). The van der Waals surface area contributed by atoms with Crippen LogP contribution in [0, 0.1) is 16.7 Å². The summed E-state index contributed by atoms with van der Waals surface area (Å²) in [4.78, 5) is 16.2. The maximum atomic E-state index is 14.8. The molecule has 2 unspecified atom stereocenters. The zero-order valence-electron chi connectivity index (χ0n) is 32.9. The highest BCUT2D eigenvalue weighted by atomic mass is 32.3. The fourth-order valence-electron chi connectivity index (χ4n) is 8.93. The molecule has 2 saturated carbocycles. The van der Waals surface area contributed by atoms with Gasteiger partial charge in [-0.3, -0.25) is 4.79 Å². The fraction of sp³-hybridized carbons (Fsp3) is 0.587. The molecule has 2 fully saturated rings. The van der Waals surface area contributed by atoms with Crippen molar-refractivity contribution in [1.29, 1.82) is 0 Å². The number of aryl methyl sites for hydroxylation is 3. The smallest absolute Gasteiger partial charge is 0.278 e. The van der Waals surface area contributed by atoms with Gasteiger partial charge in [-0.1, -0.05) is 129 Å². The van der Waals surface area contributed by atoms with E-state index in [0.29, 0.717) is 12.8 Å². The van der Waals surface area contributed by atoms with Crippen molar-refractivity contribution >= 4 is 26.2 Å². The third kappa shape index (κ3) is 9.09. The Kier molecular flexibility index (Phi) is 14.3. The first-order valence-corrected chi connectivity index (χ1v) is 23.7. The summed E-state index contributed by atoms with van der Waals surface area (Å²) in [7, 11) is -6.94. The van der Waals surface area contributed by atoms with Gasteiger partial charge in [0.2, 0.25) is 0 Å². The number of carbonyl (C=O) groups excluding carboxylic acids is 1. The molecule has 0 N–H and O–H groups in total. The minimum Gasteiger partial charge on any atom is -0.299 e. The molecule has 52 heavy (non-hydrogen) atoms. The Balaban J connectivity index is 1.59. The van der Waals surface area contributed by atoms with Gasteiger partial charge in [-0.25, -0.2) is 3.63 Å². The SMILES string of the molecule is CCCCCCc1ccc(S(OS(=O)(=O)CC23CCC(CC2=O)C3(C)C)(c2ccc(CCCCCC)cc2)c2ccc(CCCCCC)cc2)cc1. The van der Waals surface area contributed by atoms with Crippen LogP contribution in [0.25, 0.3) is 0 Å². The molecule has 3 aromatic rings. The van der Waals surface area contributed by atoms with Crippen molar-refractivity contribution in [1.82, 2.24) is 0 Å². The van der Waals surface area contributed by atoms with Crippen LogP contribution in [0.5, 0.6) is 0 Å². The number of fused-ring (bicyclic) bond motifs is 2. The molecule has 2 bridgehead atoms. The lowest BCUT2D eigenvalue weighted by atomic mass is 9.70. The standard InChI is InChI=1S/C46H66O4S2/c1-6-9-12-15-18-37-21-27-41(28-22-37)52(42-29-23-38(24-30-42)19-16-13-10-7-2,43-31-25-39(26-32-43)20-17-14-11-8-3)50-51(48,49)36-46-34-33-40(35-44(46)47)45(46,4)5/h21-32,40H,6-20,33-36H2,1-5H3. The van der Waals surface area contributed by atoms with Crippen LogP contribution >= 0.6 is 10.3 Å². The summed E-state index contributed by atoms with van der Waals surface area (Å²) in [5.74, 6) is 0.0539. The van der Waals surface area contributed by atoms with Gasteiger partial charge in [0.25, 0.3) is 10.1 Å². The molecule has 4 nitrogen and oxygen atoms in total. The Labute approximate surface area is 318 Å². The van der Waals surface area contributed by atoms with Crippen molar-refractivity contribution in [3.8, 4) is 0 Å². The number of unbranched alkanes of at least 4 members (excludes halogenated alkanes) is 9. The zero-order valence-corrected chi connectivity index (χ0v) is 34.5. The Morgan fingerprint density at radius 1 is 0.596 bits per heavy atom. The van der Waals surface area contributed by atoms with E-state index >= 15 is 0 Å². The highest BCUT2D eigenvalue weighted by Crippen LogP contribution is 2.71. The number of benzene rings is 3. The Bertz CT molecular complexity index is 1540. The Morgan fingerprint density at radius 3 is 1.29 bits per heavy atom. The summed E-state index contributed by atoms with van der Waals surface area (Å²) < 4.78 is 36.5. The summed E-state index contributed by atoms with van der Waals surface area (Å²) in [6.45, 7) is 10.9. The number of hydrogen-bond acceptors (Lipinski definition) is 4. The number of ketones is 1. The molecule has 0 aliphatic heterocycles. The van der Waals surface area contributed by atoms with E-state index in [1.165, 1.54) is 74.5 Å². The van der Waals surface area contributed by atoms with Crippen molar-refractivity contribution in [2.45, 2.75) is 165 Å². The predicted octanol–water partition coefficient (Wildman–Crippen LogP) is 13.0. The number of rotatable bonds is 22. The number of carbonyl (C=O) groups is 1. The maximum Gasteiger partial charge on any atom is 0.278 e. The van der Waals surface area contributed by atoms with E-state index in [9.17, 15) is 13.2 Å². The third-order valence-electron chi connectivity index (χ3n) is 12.5. The Morgan fingerprint density at radius 2 is 0.981 bits per heavy atom. The van der Waals surface area contributed by atoms with E-state index < -0.39 is 25.8 Å². The minimum absolute atomic E-state index is 0.0915. The van der Waals surface area contributed by atoms with Gasteiger partial charge in [-0.15, -0.1) is 0 Å². The molecular weight excluding hydrogens is 681 g/mol. The lowest BCUT2D eigenvalue weighted by Crippen LogP contribution is -2.42. The minimum atomic E-state index is -4.19. The maximum absolute atomic E-state index is 14.8. The van der Waals surface area contributed by atoms with Crippen LogP contribution in [0.3, 0.4) is 0 Å². The molecule has 0 spiro atoms. The van der Waals surface area contributed by atoms with Crippen LogP contribution in [0.2, 0.25) is 0 Å². The van der Waals surface area contributed by atoms with Crippen molar-refractivity contribution in [2.75, 3.05) is 5.75 Å². The molecule has 2 aliphatic carbocycles. The van der Waals surface area contributed by atoms with Gasteiger partial charge in [0.1, 0.15) is 5.78 Å². The van der Waals surface area contributed by atoms with E-state index in [1.54, 1.807) is 0 Å². The van der Waals surface area contributed by atoms with Crippen LogP contribution < -0.4 is 0 Å². The summed E-state index contributed by atoms with van der Waals surface area (Å²) in [5.41, 5.74) is 2.49. The first kappa shape index (κ1) is 40.8. The highest BCUT2D eigenvalue weighted by Gasteiger charge is 2.65. The molecule has 0 radical (unpaired) electrons. The number of hydrogen-bond donors (Lipinski definition) is 0. The molecule has 0 saturated heterocycles. The topological polar surface area (TPSA) is 60.4 Å². The van der Waals surface area contributed by atoms with Gasteiger partial charge in [0, 0.05) is 21.1 Å². The van der Waals surface area contributed by atoms with Crippen LogP contribution in [-0.2, 0) is 37.8 Å². The largest absolute Gasteiger partial charge is 0.299 e. The molecule has 0 heterocycles. The monoisotopic (exact) mass is 746 g/mol. The van der Waals surface area contributed by atoms with Crippen LogP contribution in [0.1, 0.15) is 148 Å². The van der Waals surface area contributed by atoms with Crippen molar-refractivity contribution in [2.24, 2.45) is 16.7 Å². The lowest BCUT2D eigenvalue weighted by molar-refractivity contribution is -0.128. The van der Waals surface area contributed by atoms with Crippen LogP contribution in [-0.4, -0.2) is 20.0 Å². The zero-order chi connectivity index (χ0) is 37.2. The van der Waals surface area contributed by atoms with Crippen LogP contribution in [0.4, 0.5) is 0 Å². The average molecular weight is 747 g/mol. The van der Waals surface area contributed by atoms with Crippen molar-refractivity contribution in [3.63, 3.8) is 0 Å². The van der Waals surface area contributed by atoms with Gasteiger partial charge in [0.05, 0.1) is 11.2 Å². The summed E-state index contributed by atoms with van der Waals surface area (Å²) in [6.07, 6.45) is 19.4. The summed E-state index contributed by atoms with van der Waals surface area (Å²) in [5, 5.41) is 0. The van der Waals surface area contributed by atoms with Gasteiger partial charge >= 0.3 is 0 Å². The van der Waals surface area contributed by atoms with Crippen molar-refractivity contribution in [3.05, 3.63) is 89.5 Å². The van der Waals surface area contributed by atoms with E-state index in [0.717, 1.165) is 59.6 Å². The van der Waals surface area contributed by atoms with E-state index in [1.807, 2.05) is 0 Å². The average Bonchev–Trinajstić information content (AvgIpc) is 3.48. The first-order chi connectivity index (χ1) is 25.0. The fourth-order valence-corrected chi connectivity index (χ4v) is 15.0. The first-order valence-electron chi connectivity index (χ1n) is 20.6. The highest BCUT2D eigenvalue weighted by molar-refractivity contribution is 8.33. The van der Waals surface area contributed by atoms with Gasteiger partial charge < -0.3 is 0 Å². The van der Waals surface area contributed by atoms with E-state index in [-0.39, 0.29) is 22.9 Å². The third-order valence-corrected chi connectivity index (χ3v) is 17.8. The molecule has 3 aromatic carbocycles. The molecule has 0 amide bonds. The van der Waals surface area contributed by atoms with Crippen LogP contribution in [0.15, 0.2) is 87.5 Å². The lowest BCUT2D eigenvalue weighted by Gasteiger charge is -2.42. The number of Topliss-reactive ketones (excluding diaryl/α,β-unsaturated/α-hetero) is 1. The molecule has 6 heteroatoms. The molecule has 2 aliphatic rings. The molecule has 2 atom stereocenters. The van der Waals surface area contributed by atoms with Crippen molar-refractivity contribution < 1.29 is 16.8 Å². The van der Waals surface area contributed by atoms with E-state index in [4.69, 9.17) is 3.63 Å². The second-order valence-electron chi connectivity index (χ2n) is 16.4. The summed E-state index contributed by atoms with van der Waals surface area (Å²) >= 11 is 0. The molecular formula is C46H66O4S2. The molecule has 0 aromatic heterocycles. The molecule has 286 valence electrons. The van der Waals surface area contributed by atoms with E-state index in [2.05, 4.69) is 107 Å². The Hall–Kier alpha value is -2.41. The van der Waals surface area contributed by atoms with Gasteiger partial charge in [0.15, 0.2) is 0 Å². The quantitative estimate of drug-likeness (QED) is 0.0961. The summed E-state index contributed by atoms with van der Waals surface area (Å²) in [6, 6.07) is 25.7. The van der Waals surface area contributed by atoms with Gasteiger partial charge in [-0.05, 0) is 126 Å². The predicted molar refractivity (Wildman–Crippen MR) is 219 cm³/mol. The van der Waals surface area contributed by atoms with Gasteiger partial charge in [-0.2, -0.15) is 8.42 Å².